The van der Waals surface area contributed by atoms with E-state index in [2.05, 4.69) is 37.3 Å². The van der Waals surface area contributed by atoms with E-state index in [0.717, 1.165) is 5.75 Å². The molecule has 0 fully saturated rings. The van der Waals surface area contributed by atoms with Gasteiger partial charge in [0.1, 0.15) is 5.75 Å². The Balaban J connectivity index is 2.55. The van der Waals surface area contributed by atoms with Gasteiger partial charge in [-0.25, -0.2) is 0 Å². The summed E-state index contributed by atoms with van der Waals surface area (Å²) in [5.74, 6) is 0.954. The zero-order valence-corrected chi connectivity index (χ0v) is 8.87. The highest BCUT2D eigenvalue weighted by molar-refractivity contribution is 6.02. The van der Waals surface area contributed by atoms with Crippen LogP contribution in [0.2, 0.25) is 0 Å². The van der Waals surface area contributed by atoms with Gasteiger partial charge in [0, 0.05) is 5.39 Å². The van der Waals surface area contributed by atoms with Gasteiger partial charge in [-0.2, -0.15) is 0 Å². The molecule has 3 aromatic carbocycles. The van der Waals surface area contributed by atoms with Crippen molar-refractivity contribution in [2.75, 3.05) is 7.11 Å². The Bertz CT molecular complexity index is 625. The van der Waals surface area contributed by atoms with Crippen molar-refractivity contribution in [1.82, 2.24) is 0 Å². The SMILES string of the molecule is COc1ccc2cc1c1cc(C)cc2c1. The summed E-state index contributed by atoms with van der Waals surface area (Å²) in [4.78, 5) is 0. The highest BCUT2D eigenvalue weighted by atomic mass is 16.5. The van der Waals surface area contributed by atoms with E-state index in [1.165, 1.54) is 27.1 Å². The molecule has 3 rings (SSSR count). The van der Waals surface area contributed by atoms with Crippen molar-refractivity contribution in [3.05, 3.63) is 42.0 Å². The Morgan fingerprint density at radius 3 is 2.47 bits per heavy atom. The van der Waals surface area contributed by atoms with Crippen LogP contribution in [0.15, 0.2) is 36.4 Å². The van der Waals surface area contributed by atoms with Crippen molar-refractivity contribution in [1.29, 1.82) is 0 Å². The number of benzene rings is 3. The number of fused-ring (bicyclic) bond motifs is 6. The molecule has 0 amide bonds. The van der Waals surface area contributed by atoms with E-state index in [9.17, 15) is 0 Å². The first-order valence-corrected chi connectivity index (χ1v) is 5.08. The number of aryl methyl sites for hydroxylation is 1. The molecule has 0 saturated heterocycles. The third-order valence-corrected chi connectivity index (χ3v) is 2.92. The Morgan fingerprint density at radius 2 is 1.67 bits per heavy atom. The molecule has 74 valence electrons. The van der Waals surface area contributed by atoms with Gasteiger partial charge in [-0.15, -0.1) is 0 Å². The summed E-state index contributed by atoms with van der Waals surface area (Å²) in [6.45, 7) is 2.13. The van der Waals surface area contributed by atoms with Gasteiger partial charge in [0.15, 0.2) is 0 Å². The molecule has 0 N–H and O–H groups in total. The average molecular weight is 196 g/mol. The molecule has 0 aliphatic carbocycles. The maximum Gasteiger partial charge on any atom is 0.126 e. The largest absolute Gasteiger partial charge is 0.496 e. The van der Waals surface area contributed by atoms with Crippen molar-refractivity contribution in [2.24, 2.45) is 0 Å². The van der Waals surface area contributed by atoms with Gasteiger partial charge in [0.2, 0.25) is 0 Å². The van der Waals surface area contributed by atoms with Crippen LogP contribution in [-0.2, 0) is 0 Å². The molecule has 4 bridgehead atoms. The van der Waals surface area contributed by atoms with Crippen LogP contribution in [0, 0.1) is 6.92 Å². The first-order valence-electron chi connectivity index (χ1n) is 5.08. The molecular formula is C14H12O. The van der Waals surface area contributed by atoms with Crippen molar-refractivity contribution >= 4 is 21.5 Å². The van der Waals surface area contributed by atoms with Crippen LogP contribution in [0.1, 0.15) is 5.56 Å². The molecule has 0 radical (unpaired) electrons. The van der Waals surface area contributed by atoms with Gasteiger partial charge in [0.05, 0.1) is 7.11 Å². The monoisotopic (exact) mass is 196 g/mol. The second-order valence-corrected chi connectivity index (χ2v) is 4.00. The molecular weight excluding hydrogens is 184 g/mol. The van der Waals surface area contributed by atoms with Crippen LogP contribution >= 0.6 is 0 Å². The van der Waals surface area contributed by atoms with E-state index in [1.54, 1.807) is 7.11 Å². The smallest absolute Gasteiger partial charge is 0.126 e. The minimum absolute atomic E-state index is 0.954. The van der Waals surface area contributed by atoms with Gasteiger partial charge < -0.3 is 4.74 Å². The molecule has 0 aliphatic heterocycles. The predicted molar refractivity (Wildman–Crippen MR) is 63.9 cm³/mol. The summed E-state index contributed by atoms with van der Waals surface area (Å²) in [5, 5.41) is 5.04. The molecule has 0 atom stereocenters. The Hall–Kier alpha value is -1.76. The highest BCUT2D eigenvalue weighted by Crippen LogP contribution is 2.32. The van der Waals surface area contributed by atoms with E-state index in [4.69, 9.17) is 4.74 Å². The lowest BCUT2D eigenvalue weighted by Crippen LogP contribution is -1.87. The number of methoxy groups -OCH3 is 1. The van der Waals surface area contributed by atoms with Crippen LogP contribution in [0.5, 0.6) is 5.75 Å². The van der Waals surface area contributed by atoms with Crippen LogP contribution in [0.4, 0.5) is 0 Å². The van der Waals surface area contributed by atoms with E-state index >= 15 is 0 Å². The molecule has 1 heteroatoms. The molecule has 0 spiro atoms. The minimum atomic E-state index is 0.954. The van der Waals surface area contributed by atoms with E-state index < -0.39 is 0 Å². The summed E-state index contributed by atoms with van der Waals surface area (Å²) in [5.41, 5.74) is 1.30. The Labute approximate surface area is 88.6 Å². The Kier molecular flexibility index (Phi) is 1.63. The van der Waals surface area contributed by atoms with Gasteiger partial charge in [-0.05, 0) is 46.8 Å². The van der Waals surface area contributed by atoms with E-state index in [0.29, 0.717) is 0 Å². The minimum Gasteiger partial charge on any atom is -0.496 e. The lowest BCUT2D eigenvalue weighted by atomic mass is 9.99. The van der Waals surface area contributed by atoms with E-state index in [-0.39, 0.29) is 0 Å². The van der Waals surface area contributed by atoms with E-state index in [1.807, 2.05) is 6.07 Å². The number of hydrogen-bond donors (Lipinski definition) is 0. The predicted octanol–water partition coefficient (Wildman–Crippen LogP) is 3.75. The second kappa shape index (κ2) is 2.86. The van der Waals surface area contributed by atoms with Crippen LogP contribution in [0.3, 0.4) is 0 Å². The fourth-order valence-electron chi connectivity index (χ4n) is 2.22. The average Bonchev–Trinajstić information content (AvgIpc) is 2.26. The second-order valence-electron chi connectivity index (χ2n) is 4.00. The molecule has 0 heterocycles. The van der Waals surface area contributed by atoms with Crippen LogP contribution < -0.4 is 4.74 Å². The summed E-state index contributed by atoms with van der Waals surface area (Å²) >= 11 is 0. The maximum atomic E-state index is 5.36. The van der Waals surface area contributed by atoms with Crippen molar-refractivity contribution in [2.45, 2.75) is 6.92 Å². The van der Waals surface area contributed by atoms with Gasteiger partial charge in [-0.3, -0.25) is 0 Å². The number of ether oxygens (including phenoxy) is 1. The van der Waals surface area contributed by atoms with Crippen molar-refractivity contribution in [3.63, 3.8) is 0 Å². The van der Waals surface area contributed by atoms with Gasteiger partial charge in [-0.1, -0.05) is 18.2 Å². The van der Waals surface area contributed by atoms with Crippen LogP contribution in [-0.4, -0.2) is 7.11 Å². The molecule has 15 heavy (non-hydrogen) atoms. The third-order valence-electron chi connectivity index (χ3n) is 2.92. The zero-order chi connectivity index (χ0) is 10.4. The summed E-state index contributed by atoms with van der Waals surface area (Å²) in [7, 11) is 1.72. The fourth-order valence-corrected chi connectivity index (χ4v) is 2.22. The highest BCUT2D eigenvalue weighted by Gasteiger charge is 2.05. The first kappa shape index (κ1) is 8.54. The van der Waals surface area contributed by atoms with Gasteiger partial charge >= 0.3 is 0 Å². The van der Waals surface area contributed by atoms with Crippen molar-refractivity contribution < 1.29 is 4.74 Å². The topological polar surface area (TPSA) is 9.23 Å². The molecule has 1 nitrogen and oxygen atoms in total. The molecule has 0 aliphatic rings. The molecule has 0 unspecified atom stereocenters. The summed E-state index contributed by atoms with van der Waals surface area (Å²) < 4.78 is 5.36. The molecule has 0 saturated carbocycles. The van der Waals surface area contributed by atoms with Crippen LogP contribution in [0.25, 0.3) is 21.5 Å². The third kappa shape index (κ3) is 1.16. The standard InChI is InChI=1S/C14H12O/c1-9-5-11-7-12(6-9)13-8-10(11)3-4-14(13)15-2/h3-8H,1-2H3. The summed E-state index contributed by atoms with van der Waals surface area (Å²) in [6.07, 6.45) is 0. The van der Waals surface area contributed by atoms with Gasteiger partial charge in [0.25, 0.3) is 0 Å². The number of hydrogen-bond acceptors (Lipinski definition) is 1. The number of rotatable bonds is 1. The normalized spacial score (nSPS) is 11.3. The lowest BCUT2D eigenvalue weighted by molar-refractivity contribution is 0.420. The summed E-state index contributed by atoms with van der Waals surface area (Å²) in [6, 6.07) is 13.0. The zero-order valence-electron chi connectivity index (χ0n) is 8.87. The Morgan fingerprint density at radius 1 is 0.867 bits per heavy atom. The maximum absolute atomic E-state index is 5.36. The first-order chi connectivity index (χ1) is 7.28. The molecule has 3 aromatic rings. The molecule has 0 aromatic heterocycles. The fraction of sp³-hybridized carbons (Fsp3) is 0.143. The lowest BCUT2D eigenvalue weighted by Gasteiger charge is -2.10. The quantitative estimate of drug-likeness (QED) is 0.576. The van der Waals surface area contributed by atoms with Crippen molar-refractivity contribution in [3.8, 4) is 5.75 Å².